The Hall–Kier alpha value is -2.02. The molecule has 0 aliphatic carbocycles. The van der Waals surface area contributed by atoms with Crippen LogP contribution >= 0.6 is 11.6 Å². The molecule has 96 valence electrons. The maximum Gasteiger partial charge on any atom is 0.146 e. The molecule has 3 nitrogen and oxygen atoms in total. The third-order valence-electron chi connectivity index (χ3n) is 2.65. The van der Waals surface area contributed by atoms with Crippen molar-refractivity contribution in [2.75, 3.05) is 0 Å². The summed E-state index contributed by atoms with van der Waals surface area (Å²) in [4.78, 5) is 0. The zero-order valence-corrected chi connectivity index (χ0v) is 11.1. The van der Waals surface area contributed by atoms with Crippen LogP contribution < -0.4 is 4.74 Å². The standard InChI is InChI=1S/C15H12ClNO2/c1-10(18)12-7-6-11(9-17)8-15(12)19-14-5-3-2-4-13(14)16/h2-8,10,18H,1H3/t10-/m1/s1. The van der Waals surface area contributed by atoms with E-state index in [1.165, 1.54) is 0 Å². The van der Waals surface area contributed by atoms with Gasteiger partial charge in [-0.05, 0) is 31.2 Å². The van der Waals surface area contributed by atoms with Crippen LogP contribution in [-0.4, -0.2) is 5.11 Å². The van der Waals surface area contributed by atoms with Gasteiger partial charge in [-0.15, -0.1) is 0 Å². The molecule has 0 saturated carbocycles. The number of halogens is 1. The van der Waals surface area contributed by atoms with Gasteiger partial charge in [0.05, 0.1) is 22.8 Å². The van der Waals surface area contributed by atoms with Gasteiger partial charge in [-0.2, -0.15) is 5.26 Å². The van der Waals surface area contributed by atoms with Gasteiger partial charge in [0.25, 0.3) is 0 Å². The molecule has 0 heterocycles. The Labute approximate surface area is 116 Å². The Morgan fingerprint density at radius 1 is 1.21 bits per heavy atom. The molecular formula is C15H12ClNO2. The van der Waals surface area contributed by atoms with E-state index in [1.807, 2.05) is 6.07 Å². The van der Waals surface area contributed by atoms with Gasteiger partial charge in [0.15, 0.2) is 0 Å². The lowest BCUT2D eigenvalue weighted by Gasteiger charge is -2.14. The number of aliphatic hydroxyl groups excluding tert-OH is 1. The summed E-state index contributed by atoms with van der Waals surface area (Å²) in [7, 11) is 0. The molecule has 1 atom stereocenters. The van der Waals surface area contributed by atoms with Gasteiger partial charge >= 0.3 is 0 Å². The van der Waals surface area contributed by atoms with E-state index in [4.69, 9.17) is 21.6 Å². The number of para-hydroxylation sites is 1. The molecule has 0 radical (unpaired) electrons. The molecular weight excluding hydrogens is 262 g/mol. The fourth-order valence-corrected chi connectivity index (χ4v) is 1.86. The van der Waals surface area contributed by atoms with E-state index in [0.717, 1.165) is 0 Å². The van der Waals surface area contributed by atoms with Crippen molar-refractivity contribution in [2.24, 2.45) is 0 Å². The van der Waals surface area contributed by atoms with E-state index in [0.29, 0.717) is 27.6 Å². The highest BCUT2D eigenvalue weighted by molar-refractivity contribution is 6.32. The molecule has 0 aliphatic rings. The molecule has 0 spiro atoms. The largest absolute Gasteiger partial charge is 0.455 e. The Bertz CT molecular complexity index is 632. The summed E-state index contributed by atoms with van der Waals surface area (Å²) in [6.45, 7) is 1.64. The summed E-state index contributed by atoms with van der Waals surface area (Å²) >= 11 is 6.03. The van der Waals surface area contributed by atoms with Gasteiger partial charge < -0.3 is 9.84 Å². The van der Waals surface area contributed by atoms with Crippen molar-refractivity contribution in [3.05, 3.63) is 58.6 Å². The summed E-state index contributed by atoms with van der Waals surface area (Å²) in [6.07, 6.45) is -0.690. The van der Waals surface area contributed by atoms with Crippen molar-refractivity contribution < 1.29 is 9.84 Å². The second-order valence-electron chi connectivity index (χ2n) is 4.07. The van der Waals surface area contributed by atoms with E-state index < -0.39 is 6.10 Å². The third kappa shape index (κ3) is 3.05. The maximum atomic E-state index is 9.72. The first-order valence-corrected chi connectivity index (χ1v) is 6.14. The Morgan fingerprint density at radius 2 is 1.95 bits per heavy atom. The number of hydrogen-bond acceptors (Lipinski definition) is 3. The van der Waals surface area contributed by atoms with Crippen LogP contribution in [0, 0.1) is 11.3 Å². The average Bonchev–Trinajstić information content (AvgIpc) is 2.41. The van der Waals surface area contributed by atoms with Crippen molar-refractivity contribution in [3.63, 3.8) is 0 Å². The third-order valence-corrected chi connectivity index (χ3v) is 2.96. The van der Waals surface area contributed by atoms with Crippen LogP contribution in [0.1, 0.15) is 24.2 Å². The smallest absolute Gasteiger partial charge is 0.146 e. The molecule has 0 aromatic heterocycles. The molecule has 4 heteroatoms. The first-order valence-electron chi connectivity index (χ1n) is 5.76. The fraction of sp³-hybridized carbons (Fsp3) is 0.133. The van der Waals surface area contributed by atoms with Crippen molar-refractivity contribution in [1.29, 1.82) is 5.26 Å². The average molecular weight is 274 g/mol. The molecule has 2 aromatic rings. The number of benzene rings is 2. The van der Waals surface area contributed by atoms with Crippen molar-refractivity contribution in [3.8, 4) is 17.6 Å². The fourth-order valence-electron chi connectivity index (χ4n) is 1.68. The topological polar surface area (TPSA) is 53.2 Å². The van der Waals surface area contributed by atoms with Crippen molar-refractivity contribution >= 4 is 11.6 Å². The van der Waals surface area contributed by atoms with Crippen molar-refractivity contribution in [1.82, 2.24) is 0 Å². The van der Waals surface area contributed by atoms with Gasteiger partial charge in [-0.25, -0.2) is 0 Å². The highest BCUT2D eigenvalue weighted by atomic mass is 35.5. The number of nitrogens with zero attached hydrogens (tertiary/aromatic N) is 1. The quantitative estimate of drug-likeness (QED) is 0.917. The molecule has 0 fully saturated rings. The monoisotopic (exact) mass is 273 g/mol. The predicted molar refractivity (Wildman–Crippen MR) is 73.3 cm³/mol. The van der Waals surface area contributed by atoms with Crippen LogP contribution in [0.3, 0.4) is 0 Å². The second kappa shape index (κ2) is 5.75. The lowest BCUT2D eigenvalue weighted by Crippen LogP contribution is -1.97. The van der Waals surface area contributed by atoms with E-state index in [1.54, 1.807) is 49.4 Å². The molecule has 1 N–H and O–H groups in total. The SMILES string of the molecule is C[C@@H](O)c1ccc(C#N)cc1Oc1ccccc1Cl. The zero-order valence-electron chi connectivity index (χ0n) is 10.3. The van der Waals surface area contributed by atoms with Crippen LogP contribution in [0.25, 0.3) is 0 Å². The first kappa shape index (κ1) is 13.4. The Kier molecular flexibility index (Phi) is 4.06. The Balaban J connectivity index is 2.44. The summed E-state index contributed by atoms with van der Waals surface area (Å²) in [5.41, 5.74) is 1.07. The van der Waals surface area contributed by atoms with Crippen LogP contribution in [-0.2, 0) is 0 Å². The summed E-state index contributed by atoms with van der Waals surface area (Å²) in [5, 5.41) is 19.1. The Morgan fingerprint density at radius 3 is 2.58 bits per heavy atom. The van der Waals surface area contributed by atoms with Crippen molar-refractivity contribution in [2.45, 2.75) is 13.0 Å². The van der Waals surface area contributed by atoms with Gasteiger partial charge in [0.1, 0.15) is 11.5 Å². The normalized spacial score (nSPS) is 11.7. The minimum absolute atomic E-state index is 0.433. The van der Waals surface area contributed by atoms with E-state index in [2.05, 4.69) is 0 Å². The molecule has 0 bridgehead atoms. The van der Waals surface area contributed by atoms with E-state index in [9.17, 15) is 5.11 Å². The number of hydrogen-bond donors (Lipinski definition) is 1. The van der Waals surface area contributed by atoms with Crippen LogP contribution in [0.4, 0.5) is 0 Å². The van der Waals surface area contributed by atoms with Gasteiger partial charge in [0.2, 0.25) is 0 Å². The van der Waals surface area contributed by atoms with E-state index in [-0.39, 0.29) is 0 Å². The summed E-state index contributed by atoms with van der Waals surface area (Å²) in [6, 6.07) is 14.0. The minimum atomic E-state index is -0.690. The number of nitriles is 1. The maximum absolute atomic E-state index is 9.72. The van der Waals surface area contributed by atoms with Gasteiger partial charge in [-0.3, -0.25) is 0 Å². The molecule has 2 rings (SSSR count). The van der Waals surface area contributed by atoms with E-state index >= 15 is 0 Å². The molecule has 19 heavy (non-hydrogen) atoms. The molecule has 0 amide bonds. The highest BCUT2D eigenvalue weighted by Crippen LogP contribution is 2.33. The van der Waals surface area contributed by atoms with Gasteiger partial charge in [0, 0.05) is 5.56 Å². The summed E-state index contributed by atoms with van der Waals surface area (Å²) < 4.78 is 5.70. The van der Waals surface area contributed by atoms with Crippen LogP contribution in [0.5, 0.6) is 11.5 Å². The van der Waals surface area contributed by atoms with Crippen LogP contribution in [0.15, 0.2) is 42.5 Å². The number of aliphatic hydroxyl groups is 1. The highest BCUT2D eigenvalue weighted by Gasteiger charge is 2.12. The lowest BCUT2D eigenvalue weighted by molar-refractivity contribution is 0.195. The lowest BCUT2D eigenvalue weighted by atomic mass is 10.1. The molecule has 0 saturated heterocycles. The number of rotatable bonds is 3. The molecule has 0 unspecified atom stereocenters. The number of ether oxygens (including phenoxy) is 1. The van der Waals surface area contributed by atoms with Gasteiger partial charge in [-0.1, -0.05) is 29.8 Å². The molecule has 0 aliphatic heterocycles. The predicted octanol–water partition coefficient (Wildman–Crippen LogP) is 4.06. The summed E-state index contributed by atoms with van der Waals surface area (Å²) in [5.74, 6) is 0.920. The van der Waals surface area contributed by atoms with Crippen LogP contribution in [0.2, 0.25) is 5.02 Å². The first-order chi connectivity index (χ1) is 9.11. The second-order valence-corrected chi connectivity index (χ2v) is 4.48. The zero-order chi connectivity index (χ0) is 13.8. The minimum Gasteiger partial charge on any atom is -0.455 e. The molecule has 2 aromatic carbocycles.